The predicted molar refractivity (Wildman–Crippen MR) is 98.8 cm³/mol. The molecule has 0 spiro atoms. The SMILES string of the molecule is Cc1cnn(-c2ccc(-c3ccc(N4CCNCC4)cc3)cc2)c1. The van der Waals surface area contributed by atoms with Gasteiger partial charge in [0, 0.05) is 38.1 Å². The summed E-state index contributed by atoms with van der Waals surface area (Å²) in [5.41, 5.74) is 6.04. The van der Waals surface area contributed by atoms with Crippen molar-refractivity contribution in [2.24, 2.45) is 0 Å². The quantitative estimate of drug-likeness (QED) is 0.805. The second-order valence-corrected chi connectivity index (χ2v) is 6.29. The Morgan fingerprint density at radius 1 is 0.833 bits per heavy atom. The topological polar surface area (TPSA) is 33.1 Å². The number of aromatic nitrogens is 2. The van der Waals surface area contributed by atoms with Crippen molar-refractivity contribution in [3.63, 3.8) is 0 Å². The van der Waals surface area contributed by atoms with Gasteiger partial charge in [-0.1, -0.05) is 24.3 Å². The molecule has 0 atom stereocenters. The maximum absolute atomic E-state index is 4.36. The van der Waals surface area contributed by atoms with E-state index in [4.69, 9.17) is 0 Å². The number of rotatable bonds is 3. The number of anilines is 1. The van der Waals surface area contributed by atoms with Gasteiger partial charge in [-0.3, -0.25) is 0 Å². The Balaban J connectivity index is 1.53. The first kappa shape index (κ1) is 15.0. The van der Waals surface area contributed by atoms with Crippen LogP contribution in [0.25, 0.3) is 16.8 Å². The van der Waals surface area contributed by atoms with Crippen LogP contribution < -0.4 is 10.2 Å². The lowest BCUT2D eigenvalue weighted by Gasteiger charge is -2.29. The zero-order valence-electron chi connectivity index (χ0n) is 13.9. The van der Waals surface area contributed by atoms with E-state index in [0.717, 1.165) is 31.9 Å². The van der Waals surface area contributed by atoms with Gasteiger partial charge in [0.2, 0.25) is 0 Å². The van der Waals surface area contributed by atoms with Gasteiger partial charge in [0.15, 0.2) is 0 Å². The monoisotopic (exact) mass is 318 g/mol. The minimum Gasteiger partial charge on any atom is -0.369 e. The second-order valence-electron chi connectivity index (χ2n) is 6.29. The first-order chi connectivity index (χ1) is 11.8. The van der Waals surface area contributed by atoms with E-state index in [1.165, 1.54) is 22.4 Å². The Kier molecular flexibility index (Phi) is 4.05. The lowest BCUT2D eigenvalue weighted by molar-refractivity contribution is 0.589. The zero-order valence-corrected chi connectivity index (χ0v) is 13.9. The van der Waals surface area contributed by atoms with Gasteiger partial charge in [-0.05, 0) is 47.9 Å². The highest BCUT2D eigenvalue weighted by Gasteiger charge is 2.10. The molecule has 1 fully saturated rings. The van der Waals surface area contributed by atoms with Crippen LogP contribution >= 0.6 is 0 Å². The molecule has 1 aromatic heterocycles. The molecular formula is C20H22N4. The number of benzene rings is 2. The number of nitrogens with one attached hydrogen (secondary N) is 1. The van der Waals surface area contributed by atoms with Crippen molar-refractivity contribution in [1.29, 1.82) is 0 Å². The molecular weight excluding hydrogens is 296 g/mol. The molecule has 1 aliphatic heterocycles. The van der Waals surface area contributed by atoms with Crippen LogP contribution in [-0.2, 0) is 0 Å². The van der Waals surface area contributed by atoms with Crippen molar-refractivity contribution >= 4 is 5.69 Å². The Morgan fingerprint density at radius 2 is 1.42 bits per heavy atom. The van der Waals surface area contributed by atoms with E-state index in [9.17, 15) is 0 Å². The first-order valence-corrected chi connectivity index (χ1v) is 8.47. The lowest BCUT2D eigenvalue weighted by atomic mass is 10.0. The molecule has 24 heavy (non-hydrogen) atoms. The minimum atomic E-state index is 1.07. The molecule has 1 saturated heterocycles. The van der Waals surface area contributed by atoms with Crippen LogP contribution in [-0.4, -0.2) is 36.0 Å². The number of hydrogen-bond donors (Lipinski definition) is 1. The van der Waals surface area contributed by atoms with Gasteiger partial charge in [-0.25, -0.2) is 4.68 Å². The van der Waals surface area contributed by atoms with E-state index >= 15 is 0 Å². The molecule has 122 valence electrons. The molecule has 4 nitrogen and oxygen atoms in total. The van der Waals surface area contributed by atoms with Crippen molar-refractivity contribution < 1.29 is 0 Å². The van der Waals surface area contributed by atoms with Crippen LogP contribution in [0.5, 0.6) is 0 Å². The highest BCUT2D eigenvalue weighted by atomic mass is 15.3. The van der Waals surface area contributed by atoms with Crippen molar-refractivity contribution in [1.82, 2.24) is 15.1 Å². The lowest BCUT2D eigenvalue weighted by Crippen LogP contribution is -2.43. The maximum atomic E-state index is 4.36. The summed E-state index contributed by atoms with van der Waals surface area (Å²) in [6, 6.07) is 17.4. The highest BCUT2D eigenvalue weighted by Crippen LogP contribution is 2.24. The van der Waals surface area contributed by atoms with E-state index in [-0.39, 0.29) is 0 Å². The van der Waals surface area contributed by atoms with Crippen molar-refractivity contribution in [2.45, 2.75) is 6.92 Å². The standard InChI is InChI=1S/C20H22N4/c1-16-14-22-24(15-16)20-8-4-18(5-9-20)17-2-6-19(7-3-17)23-12-10-21-11-13-23/h2-9,14-15,21H,10-13H2,1H3. The average molecular weight is 318 g/mol. The molecule has 0 radical (unpaired) electrons. The fourth-order valence-electron chi connectivity index (χ4n) is 3.15. The highest BCUT2D eigenvalue weighted by molar-refractivity contribution is 5.67. The third kappa shape index (κ3) is 3.05. The van der Waals surface area contributed by atoms with E-state index in [2.05, 4.69) is 70.8 Å². The normalized spacial score (nSPS) is 14.8. The van der Waals surface area contributed by atoms with Gasteiger partial charge < -0.3 is 10.2 Å². The van der Waals surface area contributed by atoms with E-state index in [1.54, 1.807) is 0 Å². The summed E-state index contributed by atoms with van der Waals surface area (Å²) in [6.07, 6.45) is 3.92. The molecule has 4 heteroatoms. The Hall–Kier alpha value is -2.59. The van der Waals surface area contributed by atoms with Crippen LogP contribution in [0.2, 0.25) is 0 Å². The molecule has 0 amide bonds. The summed E-state index contributed by atoms with van der Waals surface area (Å²) in [7, 11) is 0. The molecule has 2 aromatic carbocycles. The summed E-state index contributed by atoms with van der Waals surface area (Å²) < 4.78 is 1.91. The molecule has 0 bridgehead atoms. The van der Waals surface area contributed by atoms with Crippen LogP contribution in [0, 0.1) is 6.92 Å². The van der Waals surface area contributed by atoms with Crippen LogP contribution in [0.4, 0.5) is 5.69 Å². The summed E-state index contributed by atoms with van der Waals surface area (Å²) >= 11 is 0. The Morgan fingerprint density at radius 3 is 1.96 bits per heavy atom. The largest absolute Gasteiger partial charge is 0.369 e. The van der Waals surface area contributed by atoms with Crippen molar-refractivity contribution in [3.05, 3.63) is 66.5 Å². The van der Waals surface area contributed by atoms with Gasteiger partial charge in [0.1, 0.15) is 0 Å². The summed E-state index contributed by atoms with van der Waals surface area (Å²) in [5, 5.41) is 7.75. The van der Waals surface area contributed by atoms with Gasteiger partial charge >= 0.3 is 0 Å². The second kappa shape index (κ2) is 6.49. The van der Waals surface area contributed by atoms with Gasteiger partial charge in [0.25, 0.3) is 0 Å². The third-order valence-electron chi connectivity index (χ3n) is 4.53. The van der Waals surface area contributed by atoms with E-state index in [1.807, 2.05) is 17.1 Å². The summed E-state index contributed by atoms with van der Waals surface area (Å²) in [6.45, 7) is 6.35. The molecule has 0 unspecified atom stereocenters. The predicted octanol–water partition coefficient (Wildman–Crippen LogP) is 3.26. The van der Waals surface area contributed by atoms with Crippen LogP contribution in [0.3, 0.4) is 0 Å². The van der Waals surface area contributed by atoms with Gasteiger partial charge in [0.05, 0.1) is 11.9 Å². The fraction of sp³-hybridized carbons (Fsp3) is 0.250. The molecule has 3 aromatic rings. The maximum Gasteiger partial charge on any atom is 0.0646 e. The Labute approximate surface area is 142 Å². The average Bonchev–Trinajstić information content (AvgIpc) is 3.09. The molecule has 1 N–H and O–H groups in total. The minimum absolute atomic E-state index is 1.07. The molecule has 4 rings (SSSR count). The number of aryl methyl sites for hydroxylation is 1. The Bertz CT molecular complexity index is 796. The summed E-state index contributed by atoms with van der Waals surface area (Å²) in [4.78, 5) is 2.43. The first-order valence-electron chi connectivity index (χ1n) is 8.47. The number of piperazine rings is 1. The molecule has 0 saturated carbocycles. The zero-order chi connectivity index (χ0) is 16.4. The van der Waals surface area contributed by atoms with Gasteiger partial charge in [-0.2, -0.15) is 5.10 Å². The van der Waals surface area contributed by atoms with E-state index < -0.39 is 0 Å². The van der Waals surface area contributed by atoms with Crippen molar-refractivity contribution in [3.8, 4) is 16.8 Å². The van der Waals surface area contributed by atoms with Crippen molar-refractivity contribution in [2.75, 3.05) is 31.1 Å². The summed E-state index contributed by atoms with van der Waals surface area (Å²) in [5.74, 6) is 0. The molecule has 1 aliphatic rings. The smallest absolute Gasteiger partial charge is 0.0646 e. The molecule has 0 aliphatic carbocycles. The fourth-order valence-corrected chi connectivity index (χ4v) is 3.15. The van der Waals surface area contributed by atoms with E-state index in [0.29, 0.717) is 0 Å². The van der Waals surface area contributed by atoms with Crippen LogP contribution in [0.1, 0.15) is 5.56 Å². The van der Waals surface area contributed by atoms with Crippen LogP contribution in [0.15, 0.2) is 60.9 Å². The number of hydrogen-bond acceptors (Lipinski definition) is 3. The number of nitrogens with zero attached hydrogens (tertiary/aromatic N) is 3. The third-order valence-corrected chi connectivity index (χ3v) is 4.53. The molecule has 2 heterocycles. The van der Waals surface area contributed by atoms with Gasteiger partial charge in [-0.15, -0.1) is 0 Å².